The third kappa shape index (κ3) is 4.57. The number of ether oxygens (including phenoxy) is 3. The summed E-state index contributed by atoms with van der Waals surface area (Å²) in [5.74, 6) is 1.87. The fourth-order valence-electron chi connectivity index (χ4n) is 3.87. The lowest BCUT2D eigenvalue weighted by Crippen LogP contribution is -2.16. The van der Waals surface area contributed by atoms with Crippen molar-refractivity contribution < 1.29 is 18.6 Å². The summed E-state index contributed by atoms with van der Waals surface area (Å²) in [5.41, 5.74) is 2.76. The molecule has 2 aliphatic rings. The van der Waals surface area contributed by atoms with Gasteiger partial charge in [0.1, 0.15) is 11.6 Å². The van der Waals surface area contributed by atoms with Gasteiger partial charge in [-0.05, 0) is 49.2 Å². The van der Waals surface area contributed by atoms with Crippen molar-refractivity contribution in [2.24, 2.45) is 0 Å². The van der Waals surface area contributed by atoms with E-state index in [2.05, 4.69) is 14.8 Å². The number of benzene rings is 2. The topological polar surface area (TPSA) is 58.4 Å². The van der Waals surface area contributed by atoms with Crippen LogP contribution in [0.3, 0.4) is 0 Å². The van der Waals surface area contributed by atoms with Crippen molar-refractivity contribution in [3.05, 3.63) is 58.4 Å². The van der Waals surface area contributed by atoms with E-state index in [9.17, 15) is 4.39 Å². The second kappa shape index (κ2) is 9.16. The molecular formula is C22H21ClFN3O3S. The maximum atomic E-state index is 13.4. The van der Waals surface area contributed by atoms with E-state index >= 15 is 0 Å². The Balaban J connectivity index is 1.43. The fourth-order valence-corrected chi connectivity index (χ4v) is 5.05. The number of halogens is 2. The molecule has 6 nitrogen and oxygen atoms in total. The zero-order valence-electron chi connectivity index (χ0n) is 16.7. The summed E-state index contributed by atoms with van der Waals surface area (Å²) in [6, 6.07) is 10.1. The van der Waals surface area contributed by atoms with Gasteiger partial charge < -0.3 is 14.2 Å². The summed E-state index contributed by atoms with van der Waals surface area (Å²) in [7, 11) is 0. The number of thioether (sulfide) groups is 1. The highest BCUT2D eigenvalue weighted by atomic mass is 35.5. The second-order valence-electron chi connectivity index (χ2n) is 7.51. The zero-order valence-corrected chi connectivity index (χ0v) is 18.3. The molecule has 0 radical (unpaired) electrons. The molecule has 1 fully saturated rings. The number of rotatable bonds is 6. The average molecular weight is 462 g/mol. The summed E-state index contributed by atoms with van der Waals surface area (Å²) in [4.78, 5) is 0. The molecule has 0 amide bonds. The first-order valence-electron chi connectivity index (χ1n) is 10.1. The first-order valence-corrected chi connectivity index (χ1v) is 11.5. The standard InChI is InChI=1S/C22H21ClFN3O3S/c23-17-8-15-11-28-13-30-20(15)16(9-17)12-31-22-26-25-21(14-3-5-18(24)6-4-14)27(22)10-19-2-1-7-29-19/h3-6,8-9,19H,1-2,7,10-13H2. The van der Waals surface area contributed by atoms with Crippen LogP contribution in [0, 0.1) is 5.82 Å². The number of hydrogen-bond acceptors (Lipinski definition) is 6. The molecule has 3 heterocycles. The van der Waals surface area contributed by atoms with Gasteiger partial charge in [-0.3, -0.25) is 4.57 Å². The monoisotopic (exact) mass is 461 g/mol. The van der Waals surface area contributed by atoms with Crippen LogP contribution < -0.4 is 4.74 Å². The quantitative estimate of drug-likeness (QED) is 0.477. The molecule has 3 aromatic rings. The van der Waals surface area contributed by atoms with E-state index < -0.39 is 0 Å². The van der Waals surface area contributed by atoms with Gasteiger partial charge in [-0.2, -0.15) is 0 Å². The highest BCUT2D eigenvalue weighted by molar-refractivity contribution is 7.98. The molecule has 0 aliphatic carbocycles. The molecule has 5 rings (SSSR count). The molecule has 2 aromatic carbocycles. The smallest absolute Gasteiger partial charge is 0.191 e. The molecule has 1 saturated heterocycles. The SMILES string of the molecule is Fc1ccc(-c2nnc(SCc3cc(Cl)cc4c3OCOC4)n2CC2CCCO2)cc1. The summed E-state index contributed by atoms with van der Waals surface area (Å²) in [6.07, 6.45) is 2.17. The number of nitrogens with zero attached hydrogens (tertiary/aromatic N) is 3. The first kappa shape index (κ1) is 20.8. The van der Waals surface area contributed by atoms with Gasteiger partial charge in [0.2, 0.25) is 0 Å². The lowest BCUT2D eigenvalue weighted by Gasteiger charge is -2.21. The highest BCUT2D eigenvalue weighted by Crippen LogP contribution is 2.36. The molecule has 0 saturated carbocycles. The summed E-state index contributed by atoms with van der Waals surface area (Å²) in [6.45, 7) is 2.14. The minimum absolute atomic E-state index is 0.119. The van der Waals surface area contributed by atoms with Crippen molar-refractivity contribution in [2.75, 3.05) is 13.4 Å². The lowest BCUT2D eigenvalue weighted by molar-refractivity contribution is -0.0168. The van der Waals surface area contributed by atoms with Gasteiger partial charge in [0.15, 0.2) is 17.8 Å². The van der Waals surface area contributed by atoms with Crippen LogP contribution in [0.1, 0.15) is 24.0 Å². The summed E-state index contributed by atoms with van der Waals surface area (Å²) < 4.78 is 32.4. The van der Waals surface area contributed by atoms with Crippen LogP contribution in [0.2, 0.25) is 5.02 Å². The Morgan fingerprint density at radius 2 is 2.06 bits per heavy atom. The van der Waals surface area contributed by atoms with Crippen molar-refractivity contribution in [2.45, 2.75) is 43.0 Å². The minimum Gasteiger partial charge on any atom is -0.467 e. The molecule has 0 spiro atoms. The Hall–Kier alpha value is -2.13. The van der Waals surface area contributed by atoms with E-state index in [1.165, 1.54) is 12.1 Å². The molecule has 2 aliphatic heterocycles. The van der Waals surface area contributed by atoms with E-state index in [-0.39, 0.29) is 18.7 Å². The van der Waals surface area contributed by atoms with Crippen LogP contribution in [-0.2, 0) is 28.4 Å². The first-order chi connectivity index (χ1) is 15.2. The van der Waals surface area contributed by atoms with Crippen LogP contribution >= 0.6 is 23.4 Å². The molecule has 9 heteroatoms. The molecule has 1 atom stereocenters. The Labute approximate surface area is 188 Å². The Bertz CT molecular complexity index is 1070. The van der Waals surface area contributed by atoms with Gasteiger partial charge in [-0.1, -0.05) is 23.4 Å². The predicted molar refractivity (Wildman–Crippen MR) is 116 cm³/mol. The van der Waals surface area contributed by atoms with Crippen molar-refractivity contribution in [3.8, 4) is 17.1 Å². The highest BCUT2D eigenvalue weighted by Gasteiger charge is 2.23. The zero-order chi connectivity index (χ0) is 21.2. The molecule has 31 heavy (non-hydrogen) atoms. The third-order valence-electron chi connectivity index (χ3n) is 5.34. The Morgan fingerprint density at radius 3 is 2.87 bits per heavy atom. The second-order valence-corrected chi connectivity index (χ2v) is 8.89. The van der Waals surface area contributed by atoms with Gasteiger partial charge >= 0.3 is 0 Å². The number of fused-ring (bicyclic) bond motifs is 1. The van der Waals surface area contributed by atoms with Gasteiger partial charge in [0.05, 0.1) is 19.3 Å². The van der Waals surface area contributed by atoms with E-state index in [0.717, 1.165) is 47.0 Å². The van der Waals surface area contributed by atoms with E-state index in [4.69, 9.17) is 25.8 Å². The van der Waals surface area contributed by atoms with Crippen LogP contribution in [-0.4, -0.2) is 34.3 Å². The molecular weight excluding hydrogens is 441 g/mol. The van der Waals surface area contributed by atoms with Crippen LogP contribution in [0.25, 0.3) is 11.4 Å². The van der Waals surface area contributed by atoms with Crippen LogP contribution in [0.5, 0.6) is 5.75 Å². The van der Waals surface area contributed by atoms with Crippen molar-refractivity contribution in [1.29, 1.82) is 0 Å². The van der Waals surface area contributed by atoms with Crippen LogP contribution in [0.4, 0.5) is 4.39 Å². The Morgan fingerprint density at radius 1 is 1.19 bits per heavy atom. The largest absolute Gasteiger partial charge is 0.467 e. The van der Waals surface area contributed by atoms with Gasteiger partial charge in [-0.15, -0.1) is 10.2 Å². The van der Waals surface area contributed by atoms with Crippen molar-refractivity contribution >= 4 is 23.4 Å². The van der Waals surface area contributed by atoms with E-state index in [1.54, 1.807) is 23.9 Å². The minimum atomic E-state index is -0.279. The van der Waals surface area contributed by atoms with Crippen molar-refractivity contribution in [1.82, 2.24) is 14.8 Å². The predicted octanol–water partition coefficient (Wildman–Crippen LogP) is 5.08. The van der Waals surface area contributed by atoms with E-state index in [0.29, 0.717) is 29.8 Å². The number of hydrogen-bond donors (Lipinski definition) is 0. The normalized spacial score (nSPS) is 18.1. The summed E-state index contributed by atoms with van der Waals surface area (Å²) >= 11 is 7.87. The maximum Gasteiger partial charge on any atom is 0.191 e. The van der Waals surface area contributed by atoms with Gasteiger partial charge in [0, 0.05) is 34.1 Å². The third-order valence-corrected chi connectivity index (χ3v) is 6.57. The lowest BCUT2D eigenvalue weighted by atomic mass is 10.1. The molecule has 1 aromatic heterocycles. The number of aromatic nitrogens is 3. The average Bonchev–Trinajstić information content (AvgIpc) is 3.43. The molecule has 0 N–H and O–H groups in total. The molecule has 162 valence electrons. The van der Waals surface area contributed by atoms with Gasteiger partial charge in [0.25, 0.3) is 0 Å². The Kier molecular flexibility index (Phi) is 6.13. The summed E-state index contributed by atoms with van der Waals surface area (Å²) in [5, 5.41) is 10.3. The molecule has 0 bridgehead atoms. The fraction of sp³-hybridized carbons (Fsp3) is 0.364. The molecule has 1 unspecified atom stereocenters. The van der Waals surface area contributed by atoms with E-state index in [1.807, 2.05) is 12.1 Å². The van der Waals surface area contributed by atoms with Crippen LogP contribution in [0.15, 0.2) is 41.6 Å². The van der Waals surface area contributed by atoms with Gasteiger partial charge in [-0.25, -0.2) is 4.39 Å². The maximum absolute atomic E-state index is 13.4. The van der Waals surface area contributed by atoms with Crippen molar-refractivity contribution in [3.63, 3.8) is 0 Å².